The molecule has 0 aliphatic carbocycles. The molecule has 0 aliphatic heterocycles. The SMILES string of the molecule is CSc1ccccc1-[n+]1[c-]c(-c2ccccc2)n(C)n1. The monoisotopic (exact) mass is 281 g/mol. The molecular weight excluding hydrogens is 266 g/mol. The molecule has 0 fully saturated rings. The highest BCUT2D eigenvalue weighted by atomic mass is 32.2. The van der Waals surface area contributed by atoms with Crippen molar-refractivity contribution in [2.24, 2.45) is 7.05 Å². The number of thioether (sulfide) groups is 1. The highest BCUT2D eigenvalue weighted by molar-refractivity contribution is 7.98. The van der Waals surface area contributed by atoms with Gasteiger partial charge >= 0.3 is 0 Å². The summed E-state index contributed by atoms with van der Waals surface area (Å²) in [6, 6.07) is 18.4. The molecule has 0 unspecified atom stereocenters. The van der Waals surface area contributed by atoms with Crippen LogP contribution in [0, 0.1) is 6.20 Å². The molecule has 1 aromatic heterocycles. The summed E-state index contributed by atoms with van der Waals surface area (Å²) in [5.74, 6) is 0. The normalized spacial score (nSPS) is 10.7. The van der Waals surface area contributed by atoms with Crippen molar-refractivity contribution in [1.29, 1.82) is 0 Å². The number of rotatable bonds is 3. The van der Waals surface area contributed by atoms with Gasteiger partial charge in [-0.1, -0.05) is 48.0 Å². The summed E-state index contributed by atoms with van der Waals surface area (Å²) >= 11 is 1.71. The van der Waals surface area contributed by atoms with E-state index in [1.807, 2.05) is 46.7 Å². The molecule has 20 heavy (non-hydrogen) atoms. The molecule has 3 rings (SSSR count). The molecule has 3 aromatic rings. The van der Waals surface area contributed by atoms with E-state index in [1.54, 1.807) is 11.8 Å². The number of aromatic nitrogens is 3. The van der Waals surface area contributed by atoms with Gasteiger partial charge in [-0.15, -0.1) is 23.9 Å². The third-order valence-electron chi connectivity index (χ3n) is 3.12. The number of hydrogen-bond donors (Lipinski definition) is 0. The van der Waals surface area contributed by atoms with Crippen molar-refractivity contribution in [3.05, 3.63) is 60.8 Å². The van der Waals surface area contributed by atoms with Crippen LogP contribution in [0.2, 0.25) is 0 Å². The first-order chi connectivity index (χ1) is 9.79. The van der Waals surface area contributed by atoms with Gasteiger partial charge in [0.1, 0.15) is 7.05 Å². The standard InChI is InChI=1S/C16H15N3S/c1-18-15(13-8-4-3-5-9-13)12-19(17-18)14-10-6-7-11-16(14)20-2/h3-11H,1-2H3. The highest BCUT2D eigenvalue weighted by Gasteiger charge is 2.10. The van der Waals surface area contributed by atoms with Gasteiger partial charge in [0.15, 0.2) is 0 Å². The average Bonchev–Trinajstić information content (AvgIpc) is 2.90. The van der Waals surface area contributed by atoms with E-state index in [4.69, 9.17) is 0 Å². The Hall–Kier alpha value is -2.07. The van der Waals surface area contributed by atoms with Gasteiger partial charge in [0.25, 0.3) is 0 Å². The van der Waals surface area contributed by atoms with Crippen molar-refractivity contribution < 1.29 is 4.68 Å². The predicted octanol–water partition coefficient (Wildman–Crippen LogP) is 2.89. The van der Waals surface area contributed by atoms with E-state index in [9.17, 15) is 0 Å². The highest BCUT2D eigenvalue weighted by Crippen LogP contribution is 2.21. The largest absolute Gasteiger partial charge is 0.206 e. The lowest BCUT2D eigenvalue weighted by Gasteiger charge is -2.05. The Morgan fingerprint density at radius 2 is 1.75 bits per heavy atom. The van der Waals surface area contributed by atoms with Gasteiger partial charge in [0.2, 0.25) is 0 Å². The molecule has 1 heterocycles. The summed E-state index contributed by atoms with van der Waals surface area (Å²) in [5.41, 5.74) is 3.14. The van der Waals surface area contributed by atoms with Crippen molar-refractivity contribution in [2.75, 3.05) is 6.26 Å². The summed E-state index contributed by atoms with van der Waals surface area (Å²) < 4.78 is 3.67. The zero-order valence-corrected chi connectivity index (χ0v) is 12.3. The molecule has 0 spiro atoms. The third kappa shape index (κ3) is 2.34. The molecule has 0 atom stereocenters. The molecule has 0 amide bonds. The fraction of sp³-hybridized carbons (Fsp3) is 0.125. The van der Waals surface area contributed by atoms with Crippen molar-refractivity contribution in [3.8, 4) is 16.9 Å². The molecule has 0 N–H and O–H groups in total. The number of aryl methyl sites for hydroxylation is 1. The second-order valence-corrected chi connectivity index (χ2v) is 5.27. The van der Waals surface area contributed by atoms with E-state index in [-0.39, 0.29) is 0 Å². The van der Waals surface area contributed by atoms with E-state index in [1.165, 1.54) is 4.90 Å². The molecule has 4 heteroatoms. The predicted molar refractivity (Wildman–Crippen MR) is 80.8 cm³/mol. The first-order valence-corrected chi connectivity index (χ1v) is 7.59. The van der Waals surface area contributed by atoms with Crippen LogP contribution in [0.4, 0.5) is 0 Å². The lowest BCUT2D eigenvalue weighted by Crippen LogP contribution is -2.34. The van der Waals surface area contributed by atoms with Crippen LogP contribution in [0.15, 0.2) is 59.5 Å². The summed E-state index contributed by atoms with van der Waals surface area (Å²) in [6.45, 7) is 0. The fourth-order valence-electron chi connectivity index (χ4n) is 2.13. The summed E-state index contributed by atoms with van der Waals surface area (Å²) in [6.07, 6.45) is 5.41. The number of nitrogens with zero attached hydrogens (tertiary/aromatic N) is 3. The quantitative estimate of drug-likeness (QED) is 0.418. The van der Waals surface area contributed by atoms with Crippen LogP contribution in [0.25, 0.3) is 16.9 Å². The Bertz CT molecular complexity index is 720. The van der Waals surface area contributed by atoms with E-state index in [2.05, 4.69) is 41.9 Å². The Kier molecular flexibility index (Phi) is 3.56. The van der Waals surface area contributed by atoms with Crippen LogP contribution < -0.4 is 4.68 Å². The first kappa shape index (κ1) is 12.9. The molecule has 0 bridgehead atoms. The molecule has 3 nitrogen and oxygen atoms in total. The summed E-state index contributed by atoms with van der Waals surface area (Å²) in [5, 5.41) is 4.53. The molecule has 100 valence electrons. The zero-order chi connectivity index (χ0) is 13.9. The average molecular weight is 281 g/mol. The van der Waals surface area contributed by atoms with Crippen molar-refractivity contribution in [2.45, 2.75) is 4.90 Å². The fourth-order valence-corrected chi connectivity index (χ4v) is 2.71. The minimum absolute atomic E-state index is 0.974. The Labute approximate surface area is 122 Å². The van der Waals surface area contributed by atoms with Gasteiger partial charge in [0, 0.05) is 4.90 Å². The van der Waals surface area contributed by atoms with Crippen LogP contribution in [0.1, 0.15) is 0 Å². The maximum Gasteiger partial charge on any atom is 0.101 e. The van der Waals surface area contributed by atoms with Crippen LogP contribution in [-0.4, -0.2) is 16.2 Å². The maximum absolute atomic E-state index is 4.53. The second kappa shape index (κ2) is 5.51. The first-order valence-electron chi connectivity index (χ1n) is 6.37. The van der Waals surface area contributed by atoms with Crippen molar-refractivity contribution in [3.63, 3.8) is 0 Å². The Balaban J connectivity index is 2.09. The van der Waals surface area contributed by atoms with Gasteiger partial charge < -0.3 is 0 Å². The van der Waals surface area contributed by atoms with E-state index >= 15 is 0 Å². The maximum atomic E-state index is 4.53. The Morgan fingerprint density at radius 3 is 2.50 bits per heavy atom. The molecule has 0 radical (unpaired) electrons. The molecular formula is C16H15N3S. The van der Waals surface area contributed by atoms with Gasteiger partial charge in [-0.2, -0.15) is 4.68 Å². The van der Waals surface area contributed by atoms with Crippen LogP contribution in [0.5, 0.6) is 0 Å². The van der Waals surface area contributed by atoms with Gasteiger partial charge in [-0.25, -0.2) is 4.68 Å². The van der Waals surface area contributed by atoms with Crippen LogP contribution in [0.3, 0.4) is 0 Å². The minimum Gasteiger partial charge on any atom is -0.206 e. The molecule has 0 saturated carbocycles. The minimum atomic E-state index is 0.974. The van der Waals surface area contributed by atoms with E-state index in [0.29, 0.717) is 0 Å². The summed E-state index contributed by atoms with van der Waals surface area (Å²) in [7, 11) is 1.94. The van der Waals surface area contributed by atoms with Crippen LogP contribution >= 0.6 is 11.8 Å². The van der Waals surface area contributed by atoms with Crippen LogP contribution in [-0.2, 0) is 7.05 Å². The zero-order valence-electron chi connectivity index (χ0n) is 11.4. The van der Waals surface area contributed by atoms with E-state index < -0.39 is 0 Å². The van der Waals surface area contributed by atoms with Crippen molar-refractivity contribution >= 4 is 11.8 Å². The molecule has 0 saturated heterocycles. The topological polar surface area (TPSA) is 21.7 Å². The number of benzene rings is 2. The third-order valence-corrected chi connectivity index (χ3v) is 3.90. The molecule has 0 aliphatic rings. The number of hydrogen-bond acceptors (Lipinski definition) is 2. The molecule has 2 aromatic carbocycles. The van der Waals surface area contributed by atoms with E-state index in [0.717, 1.165) is 16.9 Å². The Morgan fingerprint density at radius 1 is 1.05 bits per heavy atom. The van der Waals surface area contributed by atoms with Gasteiger partial charge in [-0.05, 0) is 6.26 Å². The van der Waals surface area contributed by atoms with Gasteiger partial charge in [0.05, 0.1) is 22.8 Å². The van der Waals surface area contributed by atoms with Gasteiger partial charge in [-0.3, -0.25) is 0 Å². The lowest BCUT2D eigenvalue weighted by atomic mass is 10.2. The van der Waals surface area contributed by atoms with Crippen molar-refractivity contribution in [1.82, 2.24) is 9.90 Å². The lowest BCUT2D eigenvalue weighted by molar-refractivity contribution is -0.667. The second-order valence-electron chi connectivity index (χ2n) is 4.42. The smallest absolute Gasteiger partial charge is 0.101 e. The summed E-state index contributed by atoms with van der Waals surface area (Å²) in [4.78, 5) is 1.19. The number of para-hydroxylation sites is 1.